The van der Waals surface area contributed by atoms with Crippen molar-refractivity contribution in [3.63, 3.8) is 0 Å². The van der Waals surface area contributed by atoms with Gasteiger partial charge in [0.2, 0.25) is 5.91 Å². The van der Waals surface area contributed by atoms with Crippen molar-refractivity contribution in [2.45, 2.75) is 6.42 Å². The first-order valence-corrected chi connectivity index (χ1v) is 10.0. The summed E-state index contributed by atoms with van der Waals surface area (Å²) in [4.78, 5) is 49.6. The van der Waals surface area contributed by atoms with Gasteiger partial charge in [-0.2, -0.15) is 0 Å². The summed E-state index contributed by atoms with van der Waals surface area (Å²) < 4.78 is 20.5. The molecule has 0 aliphatic carbocycles. The molecule has 1 aliphatic heterocycles. The number of Topliss-reactive ketones (excluding diaryl/α,β-unsaturated/α-hetero) is 1. The van der Waals surface area contributed by atoms with Crippen molar-refractivity contribution in [1.29, 1.82) is 0 Å². The quantitative estimate of drug-likeness (QED) is 0.447. The molecule has 0 saturated carbocycles. The van der Waals surface area contributed by atoms with Crippen LogP contribution in [0.3, 0.4) is 0 Å². The molecular weight excluding hydrogens is 432 g/mol. The Labute approximate surface area is 190 Å². The van der Waals surface area contributed by atoms with Gasteiger partial charge in [-0.05, 0) is 24.3 Å². The van der Waals surface area contributed by atoms with Gasteiger partial charge in [0.1, 0.15) is 17.2 Å². The molecule has 0 unspecified atom stereocenters. The number of amides is 2. The number of carbonyl (C=O) groups is 4. The molecule has 1 aliphatic rings. The van der Waals surface area contributed by atoms with E-state index < -0.39 is 36.1 Å². The highest BCUT2D eigenvalue weighted by atomic mass is 16.5. The Morgan fingerprint density at radius 1 is 0.939 bits per heavy atom. The van der Waals surface area contributed by atoms with Crippen LogP contribution in [0.15, 0.2) is 42.5 Å². The van der Waals surface area contributed by atoms with Crippen molar-refractivity contribution < 1.29 is 38.1 Å². The first-order valence-electron chi connectivity index (χ1n) is 10.0. The van der Waals surface area contributed by atoms with Gasteiger partial charge in [0.15, 0.2) is 12.4 Å². The average molecular weight is 456 g/mol. The zero-order chi connectivity index (χ0) is 24.0. The van der Waals surface area contributed by atoms with Gasteiger partial charge in [0, 0.05) is 23.6 Å². The maximum Gasteiger partial charge on any atom is 0.311 e. The Morgan fingerprint density at radius 3 is 2.21 bits per heavy atom. The summed E-state index contributed by atoms with van der Waals surface area (Å²) in [6, 6.07) is 11.1. The zero-order valence-electron chi connectivity index (χ0n) is 18.5. The van der Waals surface area contributed by atoms with E-state index in [0.717, 1.165) is 5.01 Å². The number of ketones is 1. The Balaban J connectivity index is 1.56. The first kappa shape index (κ1) is 23.6. The highest BCUT2D eigenvalue weighted by molar-refractivity contribution is 5.99. The normalized spacial score (nSPS) is 15.1. The van der Waals surface area contributed by atoms with Crippen LogP contribution in [0.4, 0.5) is 0 Å². The summed E-state index contributed by atoms with van der Waals surface area (Å²) in [5.41, 5.74) is 3.04. The van der Waals surface area contributed by atoms with Gasteiger partial charge in [-0.3, -0.25) is 29.6 Å². The van der Waals surface area contributed by atoms with E-state index in [9.17, 15) is 19.2 Å². The lowest BCUT2D eigenvalue weighted by atomic mass is 10.1. The van der Waals surface area contributed by atoms with Crippen molar-refractivity contribution in [2.24, 2.45) is 5.92 Å². The van der Waals surface area contributed by atoms with Crippen LogP contribution in [0.25, 0.3) is 0 Å². The smallest absolute Gasteiger partial charge is 0.311 e. The second-order valence-electron chi connectivity index (χ2n) is 7.21. The number of benzene rings is 2. The fraction of sp³-hybridized carbons (Fsp3) is 0.304. The maximum atomic E-state index is 12.6. The van der Waals surface area contributed by atoms with Crippen molar-refractivity contribution in [1.82, 2.24) is 10.4 Å². The fourth-order valence-corrected chi connectivity index (χ4v) is 3.23. The maximum absolute atomic E-state index is 12.6. The molecule has 1 N–H and O–H groups in total. The standard InChI is InChI=1S/C23H24N2O8/c1-30-17-6-4-5-14(7-17)20(26)13-33-23(29)16-10-21(27)25(12-16)24-22(28)15-8-18(31-2)11-19(9-15)32-3/h4-9,11,16H,10,12-13H2,1-3H3,(H,24,28)/t16-/m1/s1. The number of hydrogen-bond donors (Lipinski definition) is 1. The predicted octanol–water partition coefficient (Wildman–Crippen LogP) is 1.63. The fourth-order valence-electron chi connectivity index (χ4n) is 3.23. The SMILES string of the molecule is COc1cccc(C(=O)COC(=O)[C@@H]2CC(=O)N(NC(=O)c3cc(OC)cc(OC)c3)C2)c1. The van der Waals surface area contributed by atoms with Gasteiger partial charge in [-0.1, -0.05) is 12.1 Å². The summed E-state index contributed by atoms with van der Waals surface area (Å²) in [5, 5.41) is 1.06. The van der Waals surface area contributed by atoms with Crippen LogP contribution >= 0.6 is 0 Å². The van der Waals surface area contributed by atoms with E-state index in [1.54, 1.807) is 30.3 Å². The van der Waals surface area contributed by atoms with Gasteiger partial charge in [0.25, 0.3) is 5.91 Å². The van der Waals surface area contributed by atoms with E-state index in [1.165, 1.54) is 33.5 Å². The van der Waals surface area contributed by atoms with Crippen LogP contribution < -0.4 is 19.6 Å². The second kappa shape index (κ2) is 10.5. The van der Waals surface area contributed by atoms with Gasteiger partial charge in [0.05, 0.1) is 33.8 Å². The zero-order valence-corrected chi connectivity index (χ0v) is 18.5. The predicted molar refractivity (Wildman–Crippen MR) is 115 cm³/mol. The molecule has 0 radical (unpaired) electrons. The van der Waals surface area contributed by atoms with Crippen LogP contribution in [0.5, 0.6) is 17.2 Å². The number of esters is 1. The van der Waals surface area contributed by atoms with Crippen LogP contribution in [-0.2, 0) is 14.3 Å². The number of ether oxygens (including phenoxy) is 4. The third-order valence-electron chi connectivity index (χ3n) is 5.05. The molecule has 2 aromatic rings. The molecule has 1 saturated heterocycles. The molecule has 1 heterocycles. The van der Waals surface area contributed by atoms with E-state index in [4.69, 9.17) is 18.9 Å². The van der Waals surface area contributed by atoms with Crippen LogP contribution in [0.2, 0.25) is 0 Å². The Hall–Kier alpha value is -4.08. The minimum atomic E-state index is -0.809. The monoisotopic (exact) mass is 456 g/mol. The van der Waals surface area contributed by atoms with Crippen molar-refractivity contribution in [2.75, 3.05) is 34.5 Å². The number of nitrogens with zero attached hydrogens (tertiary/aromatic N) is 1. The second-order valence-corrected chi connectivity index (χ2v) is 7.21. The van der Waals surface area contributed by atoms with E-state index in [2.05, 4.69) is 5.43 Å². The summed E-state index contributed by atoms with van der Waals surface area (Å²) in [6.07, 6.45) is -0.145. The highest BCUT2D eigenvalue weighted by Crippen LogP contribution is 2.23. The Bertz CT molecular complexity index is 1050. The third kappa shape index (κ3) is 5.79. The van der Waals surface area contributed by atoms with Gasteiger partial charge in [-0.25, -0.2) is 0 Å². The number of hydrogen-bond acceptors (Lipinski definition) is 8. The first-order chi connectivity index (χ1) is 15.8. The van der Waals surface area contributed by atoms with E-state index in [-0.39, 0.29) is 18.5 Å². The molecule has 0 bridgehead atoms. The summed E-state index contributed by atoms with van der Waals surface area (Å²) in [5.74, 6) is -1.58. The van der Waals surface area contributed by atoms with Crippen molar-refractivity contribution >= 4 is 23.6 Å². The minimum absolute atomic E-state index is 0.0716. The minimum Gasteiger partial charge on any atom is -0.497 e. The molecule has 2 aromatic carbocycles. The Kier molecular flexibility index (Phi) is 7.50. The Morgan fingerprint density at radius 2 is 1.58 bits per heavy atom. The number of carbonyl (C=O) groups excluding carboxylic acids is 4. The van der Waals surface area contributed by atoms with Crippen LogP contribution in [0.1, 0.15) is 27.1 Å². The van der Waals surface area contributed by atoms with Crippen molar-refractivity contribution in [3.05, 3.63) is 53.6 Å². The molecule has 1 atom stereocenters. The number of hydrazine groups is 1. The molecule has 10 nitrogen and oxygen atoms in total. The van der Waals surface area contributed by atoms with Crippen molar-refractivity contribution in [3.8, 4) is 17.2 Å². The summed E-state index contributed by atoms with van der Waals surface area (Å²) in [6.45, 7) is -0.537. The van der Waals surface area contributed by atoms with Crippen LogP contribution in [-0.4, -0.2) is 63.1 Å². The largest absolute Gasteiger partial charge is 0.497 e. The lowest BCUT2D eigenvalue weighted by Gasteiger charge is -2.18. The molecule has 0 spiro atoms. The molecule has 3 rings (SSSR count). The highest BCUT2D eigenvalue weighted by Gasteiger charge is 2.37. The molecule has 2 amide bonds. The number of nitrogens with one attached hydrogen (secondary N) is 1. The summed E-state index contributed by atoms with van der Waals surface area (Å²) in [7, 11) is 4.39. The summed E-state index contributed by atoms with van der Waals surface area (Å²) >= 11 is 0. The van der Waals surface area contributed by atoms with Gasteiger partial charge < -0.3 is 18.9 Å². The lowest BCUT2D eigenvalue weighted by molar-refractivity contribution is -0.147. The number of rotatable bonds is 9. The molecule has 0 aromatic heterocycles. The number of methoxy groups -OCH3 is 3. The van der Waals surface area contributed by atoms with Gasteiger partial charge in [-0.15, -0.1) is 0 Å². The molecule has 10 heteroatoms. The van der Waals surface area contributed by atoms with E-state index >= 15 is 0 Å². The van der Waals surface area contributed by atoms with Gasteiger partial charge >= 0.3 is 5.97 Å². The molecular formula is C23H24N2O8. The molecule has 1 fully saturated rings. The third-order valence-corrected chi connectivity index (χ3v) is 5.05. The topological polar surface area (TPSA) is 120 Å². The molecule has 174 valence electrons. The molecule has 33 heavy (non-hydrogen) atoms. The average Bonchev–Trinajstić information content (AvgIpc) is 3.21. The van der Waals surface area contributed by atoms with E-state index in [0.29, 0.717) is 22.8 Å². The lowest BCUT2D eigenvalue weighted by Crippen LogP contribution is -2.43. The van der Waals surface area contributed by atoms with Crippen LogP contribution in [0, 0.1) is 5.92 Å². The van der Waals surface area contributed by atoms with E-state index in [1.807, 2.05) is 0 Å².